The highest BCUT2D eigenvalue weighted by Crippen LogP contribution is 2.38. The lowest BCUT2D eigenvalue weighted by atomic mass is 9.70. The van der Waals surface area contributed by atoms with Gasteiger partial charge in [0, 0.05) is 37.9 Å². The van der Waals surface area contributed by atoms with Crippen molar-refractivity contribution >= 4 is 0 Å². The van der Waals surface area contributed by atoms with Crippen LogP contribution in [0.25, 0.3) is 0 Å². The molecule has 1 aromatic heterocycles. The number of rotatable bonds is 4. The second kappa shape index (κ2) is 5.63. The van der Waals surface area contributed by atoms with Crippen molar-refractivity contribution in [2.24, 2.45) is 24.1 Å². The zero-order valence-electron chi connectivity index (χ0n) is 12.8. The summed E-state index contributed by atoms with van der Waals surface area (Å²) in [5.74, 6) is 0.616. The van der Waals surface area contributed by atoms with Gasteiger partial charge < -0.3 is 10.6 Å². The van der Waals surface area contributed by atoms with Crippen molar-refractivity contribution in [3.63, 3.8) is 0 Å². The molecule has 0 spiro atoms. The second-order valence-electron chi connectivity index (χ2n) is 7.05. The maximum absolute atomic E-state index is 6.30. The van der Waals surface area contributed by atoms with E-state index in [1.165, 1.54) is 24.8 Å². The highest BCUT2D eigenvalue weighted by atomic mass is 15.2. The topological polar surface area (TPSA) is 47.1 Å². The number of hydrogen-bond donors (Lipinski definition) is 1. The molecule has 1 heterocycles. The van der Waals surface area contributed by atoms with Crippen molar-refractivity contribution in [2.45, 2.75) is 45.7 Å². The predicted molar refractivity (Wildman–Crippen MR) is 78.6 cm³/mol. The molecule has 1 aromatic rings. The smallest absolute Gasteiger partial charge is 0.0534 e. The lowest BCUT2D eigenvalue weighted by Gasteiger charge is -2.40. The van der Waals surface area contributed by atoms with Gasteiger partial charge in [0.2, 0.25) is 0 Å². The van der Waals surface area contributed by atoms with Crippen molar-refractivity contribution in [3.8, 4) is 0 Å². The van der Waals surface area contributed by atoms with Gasteiger partial charge in [-0.2, -0.15) is 5.10 Å². The van der Waals surface area contributed by atoms with Crippen molar-refractivity contribution < 1.29 is 0 Å². The summed E-state index contributed by atoms with van der Waals surface area (Å²) < 4.78 is 1.86. The van der Waals surface area contributed by atoms with E-state index in [1.807, 2.05) is 17.9 Å². The molecule has 2 N–H and O–H groups in total. The average molecular weight is 264 g/mol. The van der Waals surface area contributed by atoms with Crippen molar-refractivity contribution in [1.82, 2.24) is 14.7 Å². The van der Waals surface area contributed by atoms with Crippen LogP contribution in [-0.2, 0) is 13.6 Å². The third-order valence-corrected chi connectivity index (χ3v) is 4.33. The molecule has 4 heteroatoms. The third-order valence-electron chi connectivity index (χ3n) is 4.33. The Labute approximate surface area is 117 Å². The average Bonchev–Trinajstić information content (AvgIpc) is 2.69. The van der Waals surface area contributed by atoms with Crippen molar-refractivity contribution in [2.75, 3.05) is 13.6 Å². The Balaban J connectivity index is 1.88. The lowest BCUT2D eigenvalue weighted by Crippen LogP contribution is -2.44. The summed E-state index contributed by atoms with van der Waals surface area (Å²) in [6.07, 6.45) is 7.70. The molecule has 108 valence electrons. The summed E-state index contributed by atoms with van der Waals surface area (Å²) in [6, 6.07) is 0.365. The minimum absolute atomic E-state index is 0.365. The zero-order chi connectivity index (χ0) is 14.0. The second-order valence-corrected chi connectivity index (χ2v) is 7.05. The van der Waals surface area contributed by atoms with Crippen LogP contribution in [0.5, 0.6) is 0 Å². The lowest BCUT2D eigenvalue weighted by molar-refractivity contribution is 0.122. The van der Waals surface area contributed by atoms with Gasteiger partial charge in [0.25, 0.3) is 0 Å². The largest absolute Gasteiger partial charge is 0.327 e. The zero-order valence-corrected chi connectivity index (χ0v) is 12.8. The fraction of sp³-hybridized carbons (Fsp3) is 0.800. The summed E-state index contributed by atoms with van der Waals surface area (Å²) in [5.41, 5.74) is 8.03. The van der Waals surface area contributed by atoms with Gasteiger partial charge in [0.15, 0.2) is 0 Å². The van der Waals surface area contributed by atoms with E-state index in [9.17, 15) is 0 Å². The van der Waals surface area contributed by atoms with E-state index in [0.717, 1.165) is 13.1 Å². The Morgan fingerprint density at radius 2 is 2.26 bits per heavy atom. The van der Waals surface area contributed by atoms with Crippen LogP contribution in [0.1, 0.15) is 38.7 Å². The van der Waals surface area contributed by atoms with Gasteiger partial charge in [-0.3, -0.25) is 4.68 Å². The van der Waals surface area contributed by atoms with Crippen LogP contribution >= 0.6 is 0 Å². The first kappa shape index (κ1) is 14.5. The van der Waals surface area contributed by atoms with Crippen LogP contribution in [0.4, 0.5) is 0 Å². The Morgan fingerprint density at radius 1 is 1.53 bits per heavy atom. The molecular formula is C15H28N4. The van der Waals surface area contributed by atoms with Crippen LogP contribution in [0.15, 0.2) is 12.4 Å². The number of nitrogens with zero attached hydrogens (tertiary/aromatic N) is 3. The minimum Gasteiger partial charge on any atom is -0.327 e. The number of hydrogen-bond acceptors (Lipinski definition) is 3. The predicted octanol–water partition coefficient (Wildman–Crippen LogP) is 2.01. The van der Waals surface area contributed by atoms with Crippen LogP contribution in [0.2, 0.25) is 0 Å². The molecule has 1 aliphatic carbocycles. The molecule has 19 heavy (non-hydrogen) atoms. The number of aryl methyl sites for hydroxylation is 1. The van der Waals surface area contributed by atoms with Gasteiger partial charge in [0.05, 0.1) is 6.20 Å². The Kier molecular flexibility index (Phi) is 4.31. The molecule has 4 nitrogen and oxygen atoms in total. The molecule has 0 radical (unpaired) electrons. The van der Waals surface area contributed by atoms with E-state index in [4.69, 9.17) is 5.73 Å². The minimum atomic E-state index is 0.365. The molecule has 0 saturated heterocycles. The van der Waals surface area contributed by atoms with Crippen LogP contribution < -0.4 is 5.73 Å². The third kappa shape index (κ3) is 4.05. The molecule has 0 aliphatic heterocycles. The van der Waals surface area contributed by atoms with E-state index in [2.05, 4.69) is 37.1 Å². The van der Waals surface area contributed by atoms with Crippen LogP contribution in [0.3, 0.4) is 0 Å². The summed E-state index contributed by atoms with van der Waals surface area (Å²) in [5, 5.41) is 4.22. The van der Waals surface area contributed by atoms with Crippen molar-refractivity contribution in [1.29, 1.82) is 0 Å². The molecule has 1 aliphatic rings. The van der Waals surface area contributed by atoms with Gasteiger partial charge >= 0.3 is 0 Å². The molecule has 0 bridgehead atoms. The Hall–Kier alpha value is -0.870. The molecule has 2 unspecified atom stereocenters. The van der Waals surface area contributed by atoms with Crippen LogP contribution in [-0.4, -0.2) is 34.3 Å². The monoisotopic (exact) mass is 264 g/mol. The molecule has 1 saturated carbocycles. The fourth-order valence-electron chi connectivity index (χ4n) is 3.29. The van der Waals surface area contributed by atoms with Gasteiger partial charge in [-0.05, 0) is 37.6 Å². The first-order chi connectivity index (χ1) is 8.85. The van der Waals surface area contributed by atoms with E-state index >= 15 is 0 Å². The van der Waals surface area contributed by atoms with Gasteiger partial charge in [-0.1, -0.05) is 13.8 Å². The van der Waals surface area contributed by atoms with Gasteiger partial charge in [0.1, 0.15) is 0 Å². The molecule has 2 rings (SSSR count). The van der Waals surface area contributed by atoms with Gasteiger partial charge in [-0.25, -0.2) is 0 Å². The Morgan fingerprint density at radius 3 is 2.89 bits per heavy atom. The van der Waals surface area contributed by atoms with Gasteiger partial charge in [-0.15, -0.1) is 0 Å². The molecule has 0 amide bonds. The van der Waals surface area contributed by atoms with E-state index in [1.54, 1.807) is 0 Å². The standard InChI is InChI=1S/C15H28N4/c1-15(2)6-5-14(16)13(7-15)11-18(3)9-12-8-17-19(4)10-12/h8,10,13-14H,5-7,9,11,16H2,1-4H3. The molecule has 0 aromatic carbocycles. The highest BCUT2D eigenvalue weighted by molar-refractivity contribution is 5.03. The molecule has 1 fully saturated rings. The first-order valence-electron chi connectivity index (χ1n) is 7.27. The van der Waals surface area contributed by atoms with Crippen LogP contribution in [0, 0.1) is 11.3 Å². The number of aromatic nitrogens is 2. The summed E-state index contributed by atoms with van der Waals surface area (Å²) in [7, 11) is 4.14. The maximum atomic E-state index is 6.30. The summed E-state index contributed by atoms with van der Waals surface area (Å²) in [4.78, 5) is 2.38. The maximum Gasteiger partial charge on any atom is 0.0534 e. The quantitative estimate of drug-likeness (QED) is 0.905. The summed E-state index contributed by atoms with van der Waals surface area (Å²) >= 11 is 0. The normalized spacial score (nSPS) is 26.8. The Bertz CT molecular complexity index is 410. The van der Waals surface area contributed by atoms with Crippen molar-refractivity contribution in [3.05, 3.63) is 18.0 Å². The first-order valence-corrected chi connectivity index (χ1v) is 7.27. The molecule has 2 atom stereocenters. The van der Waals surface area contributed by atoms with E-state index < -0.39 is 0 Å². The SMILES string of the molecule is CN(Cc1cnn(C)c1)CC1CC(C)(C)CCC1N. The van der Waals surface area contributed by atoms with E-state index in [0.29, 0.717) is 17.4 Å². The summed E-state index contributed by atoms with van der Waals surface area (Å²) in [6.45, 7) is 6.77. The fourth-order valence-corrected chi connectivity index (χ4v) is 3.29. The number of nitrogens with two attached hydrogens (primary N) is 1. The van der Waals surface area contributed by atoms with E-state index in [-0.39, 0.29) is 0 Å². The molecular weight excluding hydrogens is 236 g/mol. The highest BCUT2D eigenvalue weighted by Gasteiger charge is 2.33.